The van der Waals surface area contributed by atoms with Crippen molar-refractivity contribution in [2.24, 2.45) is 0 Å². The van der Waals surface area contributed by atoms with Gasteiger partial charge in [0.1, 0.15) is 5.82 Å². The highest BCUT2D eigenvalue weighted by Gasteiger charge is 2.19. The average molecular weight is 356 g/mol. The van der Waals surface area contributed by atoms with Gasteiger partial charge in [-0.15, -0.1) is 0 Å². The summed E-state index contributed by atoms with van der Waals surface area (Å²) in [6.45, 7) is 4.23. The predicted octanol–water partition coefficient (Wildman–Crippen LogP) is 6.09. The summed E-state index contributed by atoms with van der Waals surface area (Å²) in [5.74, 6) is -0.347. The van der Waals surface area contributed by atoms with Crippen LogP contribution in [-0.2, 0) is 12.8 Å². The van der Waals surface area contributed by atoms with Crippen LogP contribution in [0, 0.1) is 5.82 Å². The maximum Gasteiger partial charge on any atom is 0.146 e. The van der Waals surface area contributed by atoms with E-state index in [4.69, 9.17) is 11.6 Å². The molecule has 0 saturated heterocycles. The minimum Gasteiger partial charge on any atom is -0.205 e. The second-order valence-electron chi connectivity index (χ2n) is 4.75. The van der Waals surface area contributed by atoms with Crippen LogP contribution in [0.1, 0.15) is 40.9 Å². The van der Waals surface area contributed by atoms with Crippen LogP contribution in [0.15, 0.2) is 36.4 Å². The van der Waals surface area contributed by atoms with E-state index in [0.29, 0.717) is 5.56 Å². The number of aryl methyl sites for hydroxylation is 2. The van der Waals surface area contributed by atoms with Crippen molar-refractivity contribution in [3.63, 3.8) is 0 Å². The Morgan fingerprint density at radius 3 is 2.50 bits per heavy atom. The summed E-state index contributed by atoms with van der Waals surface area (Å²) in [6.07, 6.45) is 1.89. The molecular weight excluding hydrogens is 339 g/mol. The van der Waals surface area contributed by atoms with Crippen molar-refractivity contribution in [1.82, 2.24) is 0 Å². The fourth-order valence-electron chi connectivity index (χ4n) is 2.31. The molecule has 0 nitrogen and oxygen atoms in total. The summed E-state index contributed by atoms with van der Waals surface area (Å²) >= 11 is 9.52. The molecule has 0 aromatic heterocycles. The van der Waals surface area contributed by atoms with Gasteiger partial charge in [0.15, 0.2) is 0 Å². The summed E-state index contributed by atoms with van der Waals surface area (Å²) in [5, 5.41) is 0.164. The number of rotatable bonds is 4. The van der Waals surface area contributed by atoms with Crippen LogP contribution < -0.4 is 0 Å². The van der Waals surface area contributed by atoms with E-state index in [1.54, 1.807) is 18.2 Å². The molecule has 0 radical (unpaired) electrons. The van der Waals surface area contributed by atoms with Crippen LogP contribution in [0.2, 0.25) is 5.02 Å². The van der Waals surface area contributed by atoms with Gasteiger partial charge < -0.3 is 0 Å². The molecule has 2 rings (SSSR count). The Kier molecular flexibility index (Phi) is 5.22. The SMILES string of the molecule is CCc1ccc(CC)c(C(Br)c2cccc(Cl)c2F)c1. The molecule has 0 bridgehead atoms. The highest BCUT2D eigenvalue weighted by molar-refractivity contribution is 9.09. The zero-order valence-electron chi connectivity index (χ0n) is 11.6. The van der Waals surface area contributed by atoms with Crippen LogP contribution in [0.5, 0.6) is 0 Å². The van der Waals surface area contributed by atoms with Gasteiger partial charge in [0.2, 0.25) is 0 Å². The van der Waals surface area contributed by atoms with Crippen molar-refractivity contribution >= 4 is 27.5 Å². The molecule has 0 N–H and O–H groups in total. The second kappa shape index (κ2) is 6.73. The zero-order chi connectivity index (χ0) is 14.7. The number of hydrogen-bond acceptors (Lipinski definition) is 0. The highest BCUT2D eigenvalue weighted by atomic mass is 79.9. The number of benzene rings is 2. The third-order valence-corrected chi connectivity index (χ3v) is 4.81. The quantitative estimate of drug-likeness (QED) is 0.582. The maximum absolute atomic E-state index is 14.2. The minimum atomic E-state index is -0.347. The minimum absolute atomic E-state index is 0.164. The third kappa shape index (κ3) is 3.07. The Labute approximate surface area is 133 Å². The zero-order valence-corrected chi connectivity index (χ0v) is 13.9. The number of hydrogen-bond donors (Lipinski definition) is 0. The van der Waals surface area contributed by atoms with Crippen LogP contribution in [0.3, 0.4) is 0 Å². The molecule has 0 aliphatic rings. The highest BCUT2D eigenvalue weighted by Crippen LogP contribution is 2.36. The Hall–Kier alpha value is -0.860. The van der Waals surface area contributed by atoms with E-state index in [9.17, 15) is 4.39 Å². The van der Waals surface area contributed by atoms with Crippen LogP contribution >= 0.6 is 27.5 Å². The molecule has 0 aliphatic carbocycles. The molecule has 0 saturated carbocycles. The summed E-state index contributed by atoms with van der Waals surface area (Å²) in [4.78, 5) is -0.178. The average Bonchev–Trinajstić information content (AvgIpc) is 2.48. The van der Waals surface area contributed by atoms with Gasteiger partial charge in [-0.3, -0.25) is 0 Å². The van der Waals surface area contributed by atoms with Gasteiger partial charge >= 0.3 is 0 Å². The van der Waals surface area contributed by atoms with Gasteiger partial charge in [-0.25, -0.2) is 4.39 Å². The Morgan fingerprint density at radius 2 is 1.85 bits per heavy atom. The lowest BCUT2D eigenvalue weighted by Crippen LogP contribution is -2.02. The summed E-state index contributed by atoms with van der Waals surface area (Å²) in [7, 11) is 0. The first-order valence-corrected chi connectivity index (χ1v) is 8.07. The van der Waals surface area contributed by atoms with E-state index in [1.807, 2.05) is 0 Å². The molecule has 3 heteroatoms. The van der Waals surface area contributed by atoms with Gasteiger partial charge in [-0.1, -0.05) is 71.7 Å². The molecule has 0 fully saturated rings. The monoisotopic (exact) mass is 354 g/mol. The predicted molar refractivity (Wildman–Crippen MR) is 87.4 cm³/mol. The third-order valence-electron chi connectivity index (χ3n) is 3.53. The summed E-state index contributed by atoms with van der Waals surface area (Å²) in [5.41, 5.74) is 4.18. The van der Waals surface area contributed by atoms with Crippen molar-refractivity contribution in [3.8, 4) is 0 Å². The van der Waals surface area contributed by atoms with Crippen molar-refractivity contribution in [1.29, 1.82) is 0 Å². The van der Waals surface area contributed by atoms with Crippen LogP contribution in [0.4, 0.5) is 4.39 Å². The van der Waals surface area contributed by atoms with E-state index >= 15 is 0 Å². The van der Waals surface area contributed by atoms with Crippen molar-refractivity contribution in [3.05, 3.63) is 69.5 Å². The molecule has 0 amide bonds. The first kappa shape index (κ1) is 15.5. The molecule has 0 spiro atoms. The number of alkyl halides is 1. The first-order chi connectivity index (χ1) is 9.58. The molecule has 0 aliphatic heterocycles. The van der Waals surface area contributed by atoms with E-state index in [0.717, 1.165) is 18.4 Å². The van der Waals surface area contributed by atoms with Gasteiger partial charge in [0.25, 0.3) is 0 Å². The fourth-order valence-corrected chi connectivity index (χ4v) is 3.27. The first-order valence-electron chi connectivity index (χ1n) is 6.78. The van der Waals surface area contributed by atoms with E-state index in [1.165, 1.54) is 11.1 Å². The van der Waals surface area contributed by atoms with Gasteiger partial charge in [0.05, 0.1) is 9.85 Å². The Balaban J connectivity index is 2.51. The number of halogens is 3. The summed E-state index contributed by atoms with van der Waals surface area (Å²) < 4.78 is 14.2. The van der Waals surface area contributed by atoms with Gasteiger partial charge in [-0.05, 0) is 35.6 Å². The summed E-state index contributed by atoms with van der Waals surface area (Å²) in [6, 6.07) is 11.5. The van der Waals surface area contributed by atoms with Crippen molar-refractivity contribution < 1.29 is 4.39 Å². The Morgan fingerprint density at radius 1 is 1.10 bits per heavy atom. The molecule has 2 aromatic carbocycles. The van der Waals surface area contributed by atoms with E-state index in [-0.39, 0.29) is 15.7 Å². The molecular formula is C17H17BrClF. The largest absolute Gasteiger partial charge is 0.205 e. The van der Waals surface area contributed by atoms with Gasteiger partial charge in [0, 0.05) is 5.56 Å². The van der Waals surface area contributed by atoms with Gasteiger partial charge in [-0.2, -0.15) is 0 Å². The molecule has 20 heavy (non-hydrogen) atoms. The molecule has 1 atom stereocenters. The Bertz CT molecular complexity index is 610. The molecule has 1 unspecified atom stereocenters. The van der Waals surface area contributed by atoms with E-state index < -0.39 is 0 Å². The van der Waals surface area contributed by atoms with Crippen molar-refractivity contribution in [2.75, 3.05) is 0 Å². The maximum atomic E-state index is 14.2. The topological polar surface area (TPSA) is 0 Å². The standard InChI is InChI=1S/C17H17BrClF/c1-3-11-8-9-12(4-2)14(10-11)16(18)13-6-5-7-15(19)17(13)20/h5-10,16H,3-4H2,1-2H3. The fraction of sp³-hybridized carbons (Fsp3) is 0.294. The van der Waals surface area contributed by atoms with Crippen LogP contribution in [0.25, 0.3) is 0 Å². The molecule has 106 valence electrons. The lowest BCUT2D eigenvalue weighted by atomic mass is 9.95. The smallest absolute Gasteiger partial charge is 0.146 e. The second-order valence-corrected chi connectivity index (χ2v) is 6.07. The van der Waals surface area contributed by atoms with E-state index in [2.05, 4.69) is 48.0 Å². The lowest BCUT2D eigenvalue weighted by Gasteiger charge is -2.17. The van der Waals surface area contributed by atoms with Crippen molar-refractivity contribution in [2.45, 2.75) is 31.5 Å². The normalized spacial score (nSPS) is 12.4. The van der Waals surface area contributed by atoms with Crippen LogP contribution in [-0.4, -0.2) is 0 Å². The molecule has 0 heterocycles. The lowest BCUT2D eigenvalue weighted by molar-refractivity contribution is 0.614. The molecule has 2 aromatic rings.